The average molecular weight is 280 g/mol. The summed E-state index contributed by atoms with van der Waals surface area (Å²) in [4.78, 5) is 15.0. The molecule has 2 aliphatic rings. The second kappa shape index (κ2) is 7.44. The summed E-state index contributed by atoms with van der Waals surface area (Å²) >= 11 is 0. The van der Waals surface area contributed by atoms with Crippen molar-refractivity contribution in [2.24, 2.45) is 5.92 Å². The van der Waals surface area contributed by atoms with Crippen LogP contribution >= 0.6 is 0 Å². The van der Waals surface area contributed by atoms with Crippen LogP contribution in [0.4, 0.5) is 0 Å². The molecule has 0 bridgehead atoms. The second-order valence-corrected chi connectivity index (χ2v) is 7.02. The summed E-state index contributed by atoms with van der Waals surface area (Å²) in [5.74, 6) is 0.947. The third-order valence-electron chi connectivity index (χ3n) is 4.84. The molecule has 0 aromatic carbocycles. The van der Waals surface area contributed by atoms with Crippen LogP contribution in [0.25, 0.3) is 0 Å². The fourth-order valence-corrected chi connectivity index (χ4v) is 3.82. The van der Waals surface area contributed by atoms with Gasteiger partial charge in [0.1, 0.15) is 0 Å². The molecule has 0 radical (unpaired) electrons. The van der Waals surface area contributed by atoms with Gasteiger partial charge in [0, 0.05) is 6.04 Å². The molecule has 116 valence electrons. The molecule has 2 atom stereocenters. The zero-order valence-electron chi connectivity index (χ0n) is 13.5. The topological polar surface area (TPSA) is 32.3 Å². The standard InChI is InChI=1S/C17H32N2O/c1-4-16-18-15(12-13(2)3)17(20)19(16)14-10-8-6-5-7-9-11-14/h13-16,18H,4-12H2,1-3H3. The number of hydrogen-bond acceptors (Lipinski definition) is 2. The molecule has 2 unspecified atom stereocenters. The van der Waals surface area contributed by atoms with Crippen LogP contribution in [0, 0.1) is 5.92 Å². The molecule has 1 amide bonds. The highest BCUT2D eigenvalue weighted by atomic mass is 16.2. The first-order valence-electron chi connectivity index (χ1n) is 8.71. The van der Waals surface area contributed by atoms with Crippen molar-refractivity contribution in [3.05, 3.63) is 0 Å². The molecule has 1 aliphatic carbocycles. The normalized spacial score (nSPS) is 29.8. The first-order chi connectivity index (χ1) is 9.63. The fraction of sp³-hybridized carbons (Fsp3) is 0.941. The number of rotatable bonds is 4. The van der Waals surface area contributed by atoms with Gasteiger partial charge in [-0.3, -0.25) is 10.1 Å². The maximum atomic E-state index is 12.8. The van der Waals surface area contributed by atoms with Crippen molar-refractivity contribution in [2.45, 2.75) is 96.8 Å². The summed E-state index contributed by atoms with van der Waals surface area (Å²) in [6.07, 6.45) is 11.3. The van der Waals surface area contributed by atoms with E-state index in [1.807, 2.05) is 0 Å². The molecule has 0 aromatic rings. The highest BCUT2D eigenvalue weighted by Crippen LogP contribution is 2.28. The molecule has 1 heterocycles. The molecular weight excluding hydrogens is 248 g/mol. The van der Waals surface area contributed by atoms with E-state index in [-0.39, 0.29) is 12.2 Å². The molecule has 1 aliphatic heterocycles. The predicted octanol–water partition coefficient (Wildman–Crippen LogP) is 3.68. The Labute approximate surface area is 124 Å². The zero-order chi connectivity index (χ0) is 14.5. The molecule has 1 saturated carbocycles. The predicted molar refractivity (Wildman–Crippen MR) is 83.4 cm³/mol. The number of carbonyl (C=O) groups excluding carboxylic acids is 1. The quantitative estimate of drug-likeness (QED) is 0.852. The minimum Gasteiger partial charge on any atom is -0.323 e. The van der Waals surface area contributed by atoms with Crippen LogP contribution in [-0.2, 0) is 4.79 Å². The van der Waals surface area contributed by atoms with Gasteiger partial charge >= 0.3 is 0 Å². The summed E-state index contributed by atoms with van der Waals surface area (Å²) in [6.45, 7) is 6.60. The van der Waals surface area contributed by atoms with Gasteiger partial charge in [0.15, 0.2) is 0 Å². The minimum atomic E-state index is 0.0605. The van der Waals surface area contributed by atoms with Crippen molar-refractivity contribution in [3.8, 4) is 0 Å². The van der Waals surface area contributed by atoms with Crippen molar-refractivity contribution < 1.29 is 4.79 Å². The molecule has 0 spiro atoms. The van der Waals surface area contributed by atoms with Crippen LogP contribution in [0.5, 0.6) is 0 Å². The van der Waals surface area contributed by atoms with E-state index in [1.54, 1.807) is 0 Å². The van der Waals surface area contributed by atoms with Gasteiger partial charge in [-0.15, -0.1) is 0 Å². The van der Waals surface area contributed by atoms with Gasteiger partial charge in [-0.1, -0.05) is 52.9 Å². The number of hydrogen-bond donors (Lipinski definition) is 1. The molecule has 3 nitrogen and oxygen atoms in total. The number of nitrogens with zero attached hydrogens (tertiary/aromatic N) is 1. The SMILES string of the molecule is CCC1NC(CC(C)C)C(=O)N1C1CCCCCCC1. The molecule has 0 aromatic heterocycles. The molecular formula is C17H32N2O. The van der Waals surface area contributed by atoms with E-state index in [0.29, 0.717) is 17.9 Å². The van der Waals surface area contributed by atoms with Gasteiger partial charge in [-0.25, -0.2) is 0 Å². The lowest BCUT2D eigenvalue weighted by atomic mass is 9.95. The maximum absolute atomic E-state index is 12.8. The summed E-state index contributed by atoms with van der Waals surface area (Å²) in [5.41, 5.74) is 0. The monoisotopic (exact) mass is 280 g/mol. The van der Waals surface area contributed by atoms with Crippen molar-refractivity contribution in [1.29, 1.82) is 0 Å². The summed E-state index contributed by atoms with van der Waals surface area (Å²) in [6, 6.07) is 0.544. The third kappa shape index (κ3) is 3.75. The Balaban J connectivity index is 2.04. The smallest absolute Gasteiger partial charge is 0.241 e. The lowest BCUT2D eigenvalue weighted by Gasteiger charge is -2.33. The van der Waals surface area contributed by atoms with E-state index < -0.39 is 0 Å². The minimum absolute atomic E-state index is 0.0605. The first kappa shape index (κ1) is 15.8. The van der Waals surface area contributed by atoms with E-state index in [1.165, 1.54) is 44.9 Å². The summed E-state index contributed by atoms with van der Waals surface area (Å²) < 4.78 is 0. The van der Waals surface area contributed by atoms with Crippen LogP contribution < -0.4 is 5.32 Å². The Hall–Kier alpha value is -0.570. The van der Waals surface area contributed by atoms with Crippen LogP contribution in [0.2, 0.25) is 0 Å². The highest BCUT2D eigenvalue weighted by molar-refractivity contribution is 5.84. The molecule has 3 heteroatoms. The lowest BCUT2D eigenvalue weighted by molar-refractivity contribution is -0.133. The van der Waals surface area contributed by atoms with Crippen molar-refractivity contribution >= 4 is 5.91 Å². The van der Waals surface area contributed by atoms with Crippen molar-refractivity contribution in [1.82, 2.24) is 10.2 Å². The summed E-state index contributed by atoms with van der Waals surface area (Å²) in [5, 5.41) is 3.58. The molecule has 2 rings (SSSR count). The van der Waals surface area contributed by atoms with Gasteiger partial charge in [-0.2, -0.15) is 0 Å². The van der Waals surface area contributed by atoms with Gasteiger partial charge in [0.25, 0.3) is 0 Å². The molecule has 1 N–H and O–H groups in total. The molecule has 1 saturated heterocycles. The lowest BCUT2D eigenvalue weighted by Crippen LogP contribution is -2.44. The average Bonchev–Trinajstić information content (AvgIpc) is 2.66. The molecule has 20 heavy (non-hydrogen) atoms. The Morgan fingerprint density at radius 2 is 1.75 bits per heavy atom. The van der Waals surface area contributed by atoms with Gasteiger partial charge < -0.3 is 4.90 Å². The third-order valence-corrected chi connectivity index (χ3v) is 4.84. The van der Waals surface area contributed by atoms with Gasteiger partial charge in [-0.05, 0) is 31.6 Å². The second-order valence-electron chi connectivity index (χ2n) is 7.02. The van der Waals surface area contributed by atoms with E-state index >= 15 is 0 Å². The van der Waals surface area contributed by atoms with E-state index in [9.17, 15) is 4.79 Å². The zero-order valence-corrected chi connectivity index (χ0v) is 13.5. The Bertz CT molecular complexity index is 308. The Kier molecular flexibility index (Phi) is 5.88. The van der Waals surface area contributed by atoms with Crippen LogP contribution in [0.3, 0.4) is 0 Å². The van der Waals surface area contributed by atoms with Crippen molar-refractivity contribution in [2.75, 3.05) is 0 Å². The Morgan fingerprint density at radius 3 is 2.30 bits per heavy atom. The largest absolute Gasteiger partial charge is 0.323 e. The highest BCUT2D eigenvalue weighted by Gasteiger charge is 2.41. The van der Waals surface area contributed by atoms with E-state index in [4.69, 9.17) is 0 Å². The Morgan fingerprint density at radius 1 is 1.15 bits per heavy atom. The first-order valence-corrected chi connectivity index (χ1v) is 8.71. The maximum Gasteiger partial charge on any atom is 0.241 e. The number of amides is 1. The van der Waals surface area contributed by atoms with Gasteiger partial charge in [0.05, 0.1) is 12.2 Å². The van der Waals surface area contributed by atoms with Gasteiger partial charge in [0.2, 0.25) is 5.91 Å². The van der Waals surface area contributed by atoms with Crippen LogP contribution in [-0.4, -0.2) is 29.1 Å². The van der Waals surface area contributed by atoms with E-state index in [0.717, 1.165) is 12.8 Å². The van der Waals surface area contributed by atoms with Crippen molar-refractivity contribution in [3.63, 3.8) is 0 Å². The number of nitrogens with one attached hydrogen (secondary N) is 1. The molecule has 2 fully saturated rings. The number of carbonyl (C=O) groups is 1. The fourth-order valence-electron chi connectivity index (χ4n) is 3.82. The van der Waals surface area contributed by atoms with Crippen LogP contribution in [0.1, 0.15) is 78.6 Å². The van der Waals surface area contributed by atoms with E-state index in [2.05, 4.69) is 31.0 Å². The summed E-state index contributed by atoms with van der Waals surface area (Å²) in [7, 11) is 0. The van der Waals surface area contributed by atoms with Crippen LogP contribution in [0.15, 0.2) is 0 Å².